The molecular formula is C24H25ClN4O2. The molecule has 1 atom stereocenters. The lowest BCUT2D eigenvalue weighted by Gasteiger charge is -2.33. The topological polar surface area (TPSA) is 67.2 Å². The van der Waals surface area contributed by atoms with Gasteiger partial charge in [-0.2, -0.15) is 4.68 Å². The third-order valence-electron chi connectivity index (χ3n) is 5.58. The van der Waals surface area contributed by atoms with Crippen molar-refractivity contribution in [3.8, 4) is 5.69 Å². The highest BCUT2D eigenvalue weighted by molar-refractivity contribution is 6.30. The van der Waals surface area contributed by atoms with Crippen LogP contribution in [0.4, 0.5) is 11.5 Å². The molecule has 1 aliphatic rings. The van der Waals surface area contributed by atoms with E-state index in [4.69, 9.17) is 11.6 Å². The second kappa shape index (κ2) is 9.35. The molecule has 1 fully saturated rings. The van der Waals surface area contributed by atoms with Crippen LogP contribution < -0.4 is 15.8 Å². The van der Waals surface area contributed by atoms with E-state index in [9.17, 15) is 9.59 Å². The van der Waals surface area contributed by atoms with Crippen LogP contribution in [-0.4, -0.2) is 28.8 Å². The number of carbonyl (C=O) groups excluding carboxylic acids is 1. The third kappa shape index (κ3) is 4.97. The summed E-state index contributed by atoms with van der Waals surface area (Å²) in [5.74, 6) is 0.537. The van der Waals surface area contributed by atoms with E-state index in [2.05, 4.69) is 22.2 Å². The highest BCUT2D eigenvalue weighted by Gasteiger charge is 2.27. The van der Waals surface area contributed by atoms with Crippen molar-refractivity contribution in [2.24, 2.45) is 5.92 Å². The van der Waals surface area contributed by atoms with E-state index in [0.717, 1.165) is 31.5 Å². The first-order valence-corrected chi connectivity index (χ1v) is 10.9. The number of piperidine rings is 1. The first-order valence-electron chi connectivity index (χ1n) is 10.5. The Hall–Kier alpha value is -3.12. The molecule has 6 nitrogen and oxygen atoms in total. The molecule has 1 amide bonds. The molecule has 4 rings (SSSR count). The number of nitrogens with one attached hydrogen (secondary N) is 1. The number of anilines is 2. The maximum absolute atomic E-state index is 12.9. The molecule has 0 radical (unpaired) electrons. The molecule has 3 aromatic rings. The number of aryl methyl sites for hydroxylation is 1. The van der Waals surface area contributed by atoms with Crippen molar-refractivity contribution in [1.82, 2.24) is 9.78 Å². The smallest absolute Gasteiger partial charge is 0.271 e. The zero-order chi connectivity index (χ0) is 21.8. The Morgan fingerprint density at radius 2 is 1.97 bits per heavy atom. The highest BCUT2D eigenvalue weighted by Crippen LogP contribution is 2.23. The zero-order valence-electron chi connectivity index (χ0n) is 17.4. The van der Waals surface area contributed by atoms with Crippen LogP contribution >= 0.6 is 11.6 Å². The largest absolute Gasteiger partial charge is 0.354 e. The molecule has 1 aliphatic heterocycles. The summed E-state index contributed by atoms with van der Waals surface area (Å²) in [4.78, 5) is 27.3. The quantitative estimate of drug-likeness (QED) is 0.647. The van der Waals surface area contributed by atoms with Crippen molar-refractivity contribution in [2.75, 3.05) is 23.3 Å². The Kier molecular flexibility index (Phi) is 6.37. The van der Waals surface area contributed by atoms with Gasteiger partial charge in [-0.1, -0.05) is 36.7 Å². The third-order valence-corrected chi connectivity index (χ3v) is 5.82. The van der Waals surface area contributed by atoms with Crippen LogP contribution in [0.1, 0.15) is 25.3 Å². The van der Waals surface area contributed by atoms with Gasteiger partial charge in [-0.3, -0.25) is 9.59 Å². The number of benzene rings is 2. The van der Waals surface area contributed by atoms with E-state index in [0.29, 0.717) is 23.1 Å². The normalized spacial score (nSPS) is 16.2. The molecule has 1 unspecified atom stereocenters. The first-order chi connectivity index (χ1) is 15.0. The van der Waals surface area contributed by atoms with Crippen molar-refractivity contribution in [3.05, 3.63) is 81.6 Å². The van der Waals surface area contributed by atoms with Gasteiger partial charge in [-0.25, -0.2) is 0 Å². The van der Waals surface area contributed by atoms with Crippen LogP contribution in [0.25, 0.3) is 5.69 Å². The molecule has 0 saturated carbocycles. The van der Waals surface area contributed by atoms with Crippen molar-refractivity contribution < 1.29 is 4.79 Å². The molecule has 7 heteroatoms. The number of hydrogen-bond acceptors (Lipinski definition) is 4. The maximum Gasteiger partial charge on any atom is 0.271 e. The van der Waals surface area contributed by atoms with Gasteiger partial charge in [0.25, 0.3) is 5.56 Å². The number of hydrogen-bond donors (Lipinski definition) is 1. The monoisotopic (exact) mass is 436 g/mol. The standard InChI is InChI=1S/C24H25ClN4O2/c1-2-17-8-10-20(11-9-17)26-24(31)18-5-4-14-28(16-18)22-12-13-23(30)29(27-22)21-7-3-6-19(25)15-21/h3,6-13,15,18H,2,4-5,14,16H2,1H3,(H,26,31). The van der Waals surface area contributed by atoms with Crippen LogP contribution in [0.15, 0.2) is 65.5 Å². The van der Waals surface area contributed by atoms with E-state index >= 15 is 0 Å². The van der Waals surface area contributed by atoms with Crippen LogP contribution in [0.2, 0.25) is 5.02 Å². The molecule has 2 aromatic carbocycles. The SMILES string of the molecule is CCc1ccc(NC(=O)C2CCCN(c3ccc(=O)n(-c4cccc(Cl)c4)n3)C2)cc1. The Morgan fingerprint density at radius 3 is 2.71 bits per heavy atom. The van der Waals surface area contributed by atoms with E-state index in [1.807, 2.05) is 24.3 Å². The summed E-state index contributed by atoms with van der Waals surface area (Å²) in [5.41, 5.74) is 2.43. The number of carbonyl (C=O) groups is 1. The van der Waals surface area contributed by atoms with Crippen LogP contribution in [0, 0.1) is 5.92 Å². The van der Waals surface area contributed by atoms with Crippen LogP contribution in [-0.2, 0) is 11.2 Å². The minimum absolute atomic E-state index is 0.0112. The van der Waals surface area contributed by atoms with Crippen molar-refractivity contribution in [1.29, 1.82) is 0 Å². The molecule has 1 N–H and O–H groups in total. The fourth-order valence-corrected chi connectivity index (χ4v) is 4.01. The molecular weight excluding hydrogens is 412 g/mol. The van der Waals surface area contributed by atoms with Crippen molar-refractivity contribution in [2.45, 2.75) is 26.2 Å². The second-order valence-electron chi connectivity index (χ2n) is 7.75. The number of amides is 1. The summed E-state index contributed by atoms with van der Waals surface area (Å²) in [6.45, 7) is 3.45. The lowest BCUT2D eigenvalue weighted by Crippen LogP contribution is -2.41. The Labute approximate surface area is 186 Å². The first kappa shape index (κ1) is 21.1. The lowest BCUT2D eigenvalue weighted by atomic mass is 9.97. The molecule has 0 aliphatic carbocycles. The Balaban J connectivity index is 1.49. The molecule has 0 bridgehead atoms. The highest BCUT2D eigenvalue weighted by atomic mass is 35.5. The van der Waals surface area contributed by atoms with Gasteiger partial charge in [0.2, 0.25) is 5.91 Å². The fourth-order valence-electron chi connectivity index (χ4n) is 3.83. The fraction of sp³-hybridized carbons (Fsp3) is 0.292. The molecule has 31 heavy (non-hydrogen) atoms. The predicted octanol–water partition coefficient (Wildman–Crippen LogP) is 4.30. The second-order valence-corrected chi connectivity index (χ2v) is 8.18. The van der Waals surface area contributed by atoms with Crippen LogP contribution in [0.5, 0.6) is 0 Å². The van der Waals surface area contributed by atoms with Gasteiger partial charge in [0.15, 0.2) is 0 Å². The van der Waals surface area contributed by atoms with E-state index in [-0.39, 0.29) is 17.4 Å². The molecule has 160 valence electrons. The van der Waals surface area contributed by atoms with Crippen molar-refractivity contribution in [3.63, 3.8) is 0 Å². The summed E-state index contributed by atoms with van der Waals surface area (Å²) >= 11 is 6.07. The van der Waals surface area contributed by atoms with Gasteiger partial charge >= 0.3 is 0 Å². The summed E-state index contributed by atoms with van der Waals surface area (Å²) in [5, 5.41) is 8.12. The lowest BCUT2D eigenvalue weighted by molar-refractivity contribution is -0.120. The van der Waals surface area contributed by atoms with Crippen LogP contribution in [0.3, 0.4) is 0 Å². The molecule has 2 heterocycles. The van der Waals surface area contributed by atoms with E-state index in [1.54, 1.807) is 30.3 Å². The number of aromatic nitrogens is 2. The number of rotatable bonds is 5. The molecule has 1 saturated heterocycles. The van der Waals surface area contributed by atoms with Gasteiger partial charge in [0.05, 0.1) is 11.6 Å². The maximum atomic E-state index is 12.9. The average molecular weight is 437 g/mol. The molecule has 0 spiro atoms. The Bertz CT molecular complexity index is 1130. The summed E-state index contributed by atoms with van der Waals surface area (Å²) in [6, 6.07) is 18.2. The van der Waals surface area contributed by atoms with Gasteiger partial charge in [0, 0.05) is 29.9 Å². The minimum atomic E-state index is -0.229. The predicted molar refractivity (Wildman–Crippen MR) is 124 cm³/mol. The van der Waals surface area contributed by atoms with E-state index in [1.165, 1.54) is 16.3 Å². The van der Waals surface area contributed by atoms with Gasteiger partial charge in [-0.05, 0) is 61.2 Å². The summed E-state index contributed by atoms with van der Waals surface area (Å²) < 4.78 is 1.35. The molecule has 1 aromatic heterocycles. The van der Waals surface area contributed by atoms with Gasteiger partial charge < -0.3 is 10.2 Å². The van der Waals surface area contributed by atoms with Gasteiger partial charge in [0.1, 0.15) is 5.82 Å². The van der Waals surface area contributed by atoms with Crippen molar-refractivity contribution >= 4 is 29.0 Å². The summed E-state index contributed by atoms with van der Waals surface area (Å²) in [6.07, 6.45) is 2.67. The summed E-state index contributed by atoms with van der Waals surface area (Å²) in [7, 11) is 0. The van der Waals surface area contributed by atoms with E-state index < -0.39 is 0 Å². The Morgan fingerprint density at radius 1 is 1.16 bits per heavy atom. The number of halogens is 1. The number of nitrogens with zero attached hydrogens (tertiary/aromatic N) is 3. The zero-order valence-corrected chi connectivity index (χ0v) is 18.2. The average Bonchev–Trinajstić information content (AvgIpc) is 2.80. The van der Waals surface area contributed by atoms with Gasteiger partial charge in [-0.15, -0.1) is 5.10 Å². The minimum Gasteiger partial charge on any atom is -0.354 e.